The van der Waals surface area contributed by atoms with Crippen LogP contribution in [0.4, 0.5) is 19.3 Å². The van der Waals surface area contributed by atoms with Crippen molar-refractivity contribution < 1.29 is 28.0 Å². The maximum Gasteiger partial charge on any atom is 0.513 e. The zero-order valence-corrected chi connectivity index (χ0v) is 9.97. The summed E-state index contributed by atoms with van der Waals surface area (Å²) in [5.41, 5.74) is -0.161. The second-order valence-corrected chi connectivity index (χ2v) is 3.77. The van der Waals surface area contributed by atoms with E-state index in [1.54, 1.807) is 0 Å². The minimum absolute atomic E-state index is 0.0267. The highest BCUT2D eigenvalue weighted by Crippen LogP contribution is 2.19. The topological polar surface area (TPSA) is 78.7 Å². The van der Waals surface area contributed by atoms with E-state index in [2.05, 4.69) is 9.47 Å². The molecule has 1 aromatic carbocycles. The number of carbonyl (C=O) groups excluding carboxylic acids is 1. The fourth-order valence-corrected chi connectivity index (χ4v) is 1.08. The Morgan fingerprint density at radius 1 is 1.37 bits per heavy atom. The maximum atomic E-state index is 12.4. The molecule has 0 saturated carbocycles. The Hall–Kier alpha value is -2.25. The molecule has 0 fully saturated rings. The summed E-state index contributed by atoms with van der Waals surface area (Å²) in [4.78, 5) is 20.9. The highest BCUT2D eigenvalue weighted by atomic mass is 19.3. The fraction of sp³-hybridized carbons (Fsp3) is 0.364. The molecule has 0 N–H and O–H groups in total. The third kappa shape index (κ3) is 5.75. The second-order valence-electron chi connectivity index (χ2n) is 3.77. The van der Waals surface area contributed by atoms with E-state index in [4.69, 9.17) is 0 Å². The highest BCUT2D eigenvalue weighted by Gasteiger charge is 2.21. The van der Waals surface area contributed by atoms with Gasteiger partial charge in [0.15, 0.2) is 0 Å². The van der Waals surface area contributed by atoms with Crippen molar-refractivity contribution >= 4 is 11.8 Å². The number of carbonyl (C=O) groups is 1. The molecule has 8 heteroatoms. The number of ether oxygens (including phenoxy) is 2. The number of nitrogens with zero attached hydrogens (tertiary/aromatic N) is 1. The number of rotatable bonds is 5. The van der Waals surface area contributed by atoms with Crippen LogP contribution in [0.5, 0.6) is 5.75 Å². The molecule has 0 aliphatic heterocycles. The van der Waals surface area contributed by atoms with Gasteiger partial charge in [0.1, 0.15) is 12.4 Å². The van der Waals surface area contributed by atoms with Crippen LogP contribution in [0.1, 0.15) is 13.3 Å². The first-order valence-electron chi connectivity index (χ1n) is 5.25. The van der Waals surface area contributed by atoms with Gasteiger partial charge in [-0.2, -0.15) is 0 Å². The van der Waals surface area contributed by atoms with Gasteiger partial charge in [-0.1, -0.05) is 0 Å². The number of halogens is 2. The van der Waals surface area contributed by atoms with Gasteiger partial charge in [0.05, 0.1) is 4.92 Å². The van der Waals surface area contributed by atoms with Crippen molar-refractivity contribution in [1.29, 1.82) is 0 Å². The molecular weight excluding hydrogens is 264 g/mol. The predicted octanol–water partition coefficient (Wildman–Crippen LogP) is 3.16. The van der Waals surface area contributed by atoms with Gasteiger partial charge in [-0.3, -0.25) is 10.1 Å². The van der Waals surface area contributed by atoms with E-state index in [0.29, 0.717) is 6.92 Å². The molecule has 0 aliphatic carbocycles. The number of hydrogen-bond acceptors (Lipinski definition) is 5. The summed E-state index contributed by atoms with van der Waals surface area (Å²) in [5.74, 6) is -2.90. The minimum Gasteiger partial charge on any atom is -0.434 e. The number of nitro groups is 1. The first-order chi connectivity index (χ1) is 8.78. The third-order valence-electron chi connectivity index (χ3n) is 2.01. The average molecular weight is 275 g/mol. The van der Waals surface area contributed by atoms with Crippen LogP contribution in [0.2, 0.25) is 0 Å². The van der Waals surface area contributed by atoms with E-state index in [0.717, 1.165) is 12.1 Å². The van der Waals surface area contributed by atoms with Crippen molar-refractivity contribution in [2.75, 3.05) is 6.61 Å². The monoisotopic (exact) mass is 275 g/mol. The lowest BCUT2D eigenvalue weighted by molar-refractivity contribution is -0.384. The lowest BCUT2D eigenvalue weighted by Crippen LogP contribution is -2.17. The quantitative estimate of drug-likeness (QED) is 0.357. The Kier molecular flexibility index (Phi) is 4.74. The molecule has 0 atom stereocenters. The normalized spacial score (nSPS) is 10.9. The van der Waals surface area contributed by atoms with Crippen LogP contribution in [0, 0.1) is 10.1 Å². The Balaban J connectivity index is 2.42. The van der Waals surface area contributed by atoms with Crippen molar-refractivity contribution in [3.63, 3.8) is 0 Å². The molecule has 1 rings (SSSR count). The van der Waals surface area contributed by atoms with E-state index >= 15 is 0 Å². The Morgan fingerprint density at radius 2 is 1.95 bits per heavy atom. The Morgan fingerprint density at radius 3 is 2.42 bits per heavy atom. The summed E-state index contributed by atoms with van der Waals surface area (Å²) in [6, 6.07) is 4.69. The molecule has 0 bridgehead atoms. The van der Waals surface area contributed by atoms with Crippen molar-refractivity contribution in [3.05, 3.63) is 34.4 Å². The number of benzene rings is 1. The molecule has 0 aliphatic rings. The summed E-state index contributed by atoms with van der Waals surface area (Å²) in [7, 11) is 0. The largest absolute Gasteiger partial charge is 0.513 e. The molecule has 0 radical (unpaired) electrons. The molecule has 0 unspecified atom stereocenters. The number of hydrogen-bond donors (Lipinski definition) is 0. The van der Waals surface area contributed by atoms with E-state index in [1.807, 2.05) is 0 Å². The molecule has 0 amide bonds. The molecule has 19 heavy (non-hydrogen) atoms. The van der Waals surface area contributed by atoms with Crippen molar-refractivity contribution in [2.45, 2.75) is 19.3 Å². The van der Waals surface area contributed by atoms with Crippen LogP contribution in [0.25, 0.3) is 0 Å². The van der Waals surface area contributed by atoms with E-state index in [-0.39, 0.29) is 11.4 Å². The third-order valence-corrected chi connectivity index (χ3v) is 2.01. The summed E-state index contributed by atoms with van der Waals surface area (Å²) >= 11 is 0. The van der Waals surface area contributed by atoms with Gasteiger partial charge in [0, 0.05) is 18.6 Å². The summed E-state index contributed by atoms with van der Waals surface area (Å²) < 4.78 is 33.9. The van der Waals surface area contributed by atoms with Gasteiger partial charge in [-0.05, 0) is 19.1 Å². The van der Waals surface area contributed by atoms with Gasteiger partial charge in [0.2, 0.25) is 5.92 Å². The lowest BCUT2D eigenvalue weighted by atomic mass is 10.3. The smallest absolute Gasteiger partial charge is 0.434 e. The van der Waals surface area contributed by atoms with Gasteiger partial charge in [-0.25, -0.2) is 13.6 Å². The van der Waals surface area contributed by atoms with Crippen LogP contribution in [-0.2, 0) is 4.74 Å². The second kappa shape index (κ2) is 6.07. The first kappa shape index (κ1) is 14.8. The van der Waals surface area contributed by atoms with E-state index in [9.17, 15) is 23.7 Å². The molecule has 1 aromatic rings. The Bertz CT molecular complexity index is 455. The Labute approximate surface area is 107 Å². The summed E-state index contributed by atoms with van der Waals surface area (Å²) in [6.45, 7) is 0.229. The molecular formula is C11H11F2NO5. The zero-order chi connectivity index (χ0) is 14.5. The van der Waals surface area contributed by atoms with Crippen LogP contribution < -0.4 is 4.74 Å². The van der Waals surface area contributed by atoms with Crippen LogP contribution in [0.3, 0.4) is 0 Å². The van der Waals surface area contributed by atoms with Gasteiger partial charge in [-0.15, -0.1) is 0 Å². The number of nitro benzene ring substituents is 1. The average Bonchev–Trinajstić information content (AvgIpc) is 2.27. The van der Waals surface area contributed by atoms with E-state index in [1.165, 1.54) is 12.1 Å². The van der Waals surface area contributed by atoms with Crippen LogP contribution in [0.15, 0.2) is 24.3 Å². The van der Waals surface area contributed by atoms with Gasteiger partial charge >= 0.3 is 6.16 Å². The van der Waals surface area contributed by atoms with Crippen molar-refractivity contribution in [3.8, 4) is 5.75 Å². The molecule has 6 nitrogen and oxygen atoms in total. The molecule has 0 aromatic heterocycles. The van der Waals surface area contributed by atoms with Crippen LogP contribution in [-0.4, -0.2) is 23.6 Å². The zero-order valence-electron chi connectivity index (χ0n) is 9.97. The van der Waals surface area contributed by atoms with Crippen LogP contribution >= 0.6 is 0 Å². The number of non-ortho nitro benzene ring substituents is 1. The first-order valence-corrected chi connectivity index (χ1v) is 5.25. The number of alkyl halides is 2. The van der Waals surface area contributed by atoms with Crippen molar-refractivity contribution in [1.82, 2.24) is 0 Å². The molecule has 0 saturated heterocycles. The minimum atomic E-state index is -2.92. The molecule has 0 spiro atoms. The van der Waals surface area contributed by atoms with Gasteiger partial charge < -0.3 is 9.47 Å². The maximum absolute atomic E-state index is 12.4. The van der Waals surface area contributed by atoms with Crippen molar-refractivity contribution in [2.24, 2.45) is 0 Å². The molecule has 104 valence electrons. The van der Waals surface area contributed by atoms with E-state index < -0.39 is 30.0 Å². The highest BCUT2D eigenvalue weighted by molar-refractivity contribution is 5.63. The summed E-state index contributed by atoms with van der Waals surface area (Å²) in [5, 5.41) is 10.4. The lowest BCUT2D eigenvalue weighted by Gasteiger charge is -2.10. The van der Waals surface area contributed by atoms with Gasteiger partial charge in [0.25, 0.3) is 5.69 Å². The molecule has 0 heterocycles. The SMILES string of the molecule is CC(F)(F)CCOC(=O)Oc1ccc([N+](=O)[O-])cc1. The fourth-order valence-electron chi connectivity index (χ4n) is 1.08. The predicted molar refractivity (Wildman–Crippen MR) is 60.3 cm³/mol. The standard InChI is InChI=1S/C11H11F2NO5/c1-11(12,13)6-7-18-10(15)19-9-4-2-8(3-5-9)14(16)17/h2-5H,6-7H2,1H3. The summed E-state index contributed by atoms with van der Waals surface area (Å²) in [6.07, 6.45) is -1.75.